The zero-order valence-corrected chi connectivity index (χ0v) is 10.5. The number of imidazole rings is 1. The zero-order chi connectivity index (χ0) is 12.4. The first-order valence-electron chi connectivity index (χ1n) is 5.53. The summed E-state index contributed by atoms with van der Waals surface area (Å²) in [5.74, 6) is 0. The summed E-state index contributed by atoms with van der Waals surface area (Å²) >= 11 is 0. The summed E-state index contributed by atoms with van der Waals surface area (Å²) in [6.07, 6.45) is 3.62. The topological polar surface area (TPSA) is 21.1 Å². The van der Waals surface area contributed by atoms with Crippen LogP contribution in [0.4, 0.5) is 5.69 Å². The van der Waals surface area contributed by atoms with Gasteiger partial charge in [0.25, 0.3) is 0 Å². The molecule has 0 radical (unpaired) electrons. The van der Waals surface area contributed by atoms with Gasteiger partial charge in [0.1, 0.15) is 0 Å². The Balaban J connectivity index is 2.29. The predicted molar refractivity (Wildman–Crippen MR) is 72.1 cm³/mol. The van der Waals surface area contributed by atoms with Crippen LogP contribution in [0.2, 0.25) is 0 Å². The van der Waals surface area contributed by atoms with Crippen LogP contribution in [-0.4, -0.2) is 23.6 Å². The number of nitrogens with zero attached hydrogens (tertiary/aromatic N) is 3. The van der Waals surface area contributed by atoms with Crippen LogP contribution in [0.3, 0.4) is 0 Å². The molecule has 0 aliphatic heterocycles. The van der Waals surface area contributed by atoms with Crippen LogP contribution < -0.4 is 4.90 Å². The number of benzene rings is 1. The van der Waals surface area contributed by atoms with E-state index in [1.807, 2.05) is 31.9 Å². The third-order valence-corrected chi connectivity index (χ3v) is 2.86. The fourth-order valence-corrected chi connectivity index (χ4v) is 1.76. The fraction of sp³-hybridized carbons (Fsp3) is 0.214. The number of aromatic nitrogens is 2. The van der Waals surface area contributed by atoms with Gasteiger partial charge in [-0.1, -0.05) is 18.7 Å². The Morgan fingerprint density at radius 1 is 1.24 bits per heavy atom. The van der Waals surface area contributed by atoms with Gasteiger partial charge < -0.3 is 9.47 Å². The quantitative estimate of drug-likeness (QED) is 0.803. The Labute approximate surface area is 102 Å². The SMILES string of the molecule is C=C(c1ccc(N(C)C)cc1)c1cncn1C. The Hall–Kier alpha value is -2.03. The second-order valence-electron chi connectivity index (χ2n) is 4.31. The van der Waals surface area contributed by atoms with Crippen molar-refractivity contribution in [3.8, 4) is 0 Å². The lowest BCUT2D eigenvalue weighted by Crippen LogP contribution is -2.08. The summed E-state index contributed by atoms with van der Waals surface area (Å²) < 4.78 is 1.97. The summed E-state index contributed by atoms with van der Waals surface area (Å²) in [4.78, 5) is 6.19. The molecule has 0 atom stereocenters. The van der Waals surface area contributed by atoms with Crippen LogP contribution >= 0.6 is 0 Å². The number of anilines is 1. The van der Waals surface area contributed by atoms with Crippen molar-refractivity contribution < 1.29 is 0 Å². The molecule has 3 heteroatoms. The standard InChI is InChI=1S/C14H17N3/c1-11(14-9-15-10-17(14)4)12-5-7-13(8-6-12)16(2)3/h5-10H,1H2,2-4H3. The van der Waals surface area contributed by atoms with Crippen LogP contribution in [0, 0.1) is 0 Å². The highest BCUT2D eigenvalue weighted by Crippen LogP contribution is 2.22. The summed E-state index contributed by atoms with van der Waals surface area (Å²) in [6, 6.07) is 8.36. The lowest BCUT2D eigenvalue weighted by Gasteiger charge is -2.13. The van der Waals surface area contributed by atoms with Gasteiger partial charge >= 0.3 is 0 Å². The number of hydrogen-bond acceptors (Lipinski definition) is 2. The molecule has 1 aromatic heterocycles. The van der Waals surface area contributed by atoms with E-state index >= 15 is 0 Å². The summed E-state index contributed by atoms with van der Waals surface area (Å²) in [5.41, 5.74) is 4.35. The largest absolute Gasteiger partial charge is 0.378 e. The van der Waals surface area contributed by atoms with E-state index in [2.05, 4.69) is 40.7 Å². The van der Waals surface area contributed by atoms with Crippen molar-refractivity contribution in [3.63, 3.8) is 0 Å². The molecule has 0 amide bonds. The highest BCUT2D eigenvalue weighted by molar-refractivity contribution is 5.76. The molecule has 0 aliphatic rings. The average molecular weight is 227 g/mol. The third kappa shape index (κ3) is 2.23. The molecule has 2 aromatic rings. The molecule has 0 bridgehead atoms. The van der Waals surface area contributed by atoms with Crippen LogP contribution in [0.1, 0.15) is 11.3 Å². The molecule has 1 heterocycles. The molecule has 0 fully saturated rings. The van der Waals surface area contributed by atoms with Gasteiger partial charge in [-0.3, -0.25) is 0 Å². The molecule has 0 N–H and O–H groups in total. The van der Waals surface area contributed by atoms with E-state index in [0.29, 0.717) is 0 Å². The van der Waals surface area contributed by atoms with Crippen LogP contribution in [-0.2, 0) is 7.05 Å². The normalized spacial score (nSPS) is 10.3. The van der Waals surface area contributed by atoms with Crippen molar-refractivity contribution in [1.29, 1.82) is 0 Å². The highest BCUT2D eigenvalue weighted by atomic mass is 15.1. The van der Waals surface area contributed by atoms with Crippen molar-refractivity contribution in [2.45, 2.75) is 0 Å². The van der Waals surface area contributed by atoms with Crippen molar-refractivity contribution >= 4 is 11.3 Å². The Morgan fingerprint density at radius 3 is 2.35 bits per heavy atom. The van der Waals surface area contributed by atoms with Gasteiger partial charge in [-0.15, -0.1) is 0 Å². The summed E-state index contributed by atoms with van der Waals surface area (Å²) in [5, 5.41) is 0. The van der Waals surface area contributed by atoms with E-state index in [1.54, 1.807) is 6.33 Å². The van der Waals surface area contributed by atoms with Crippen molar-refractivity contribution in [1.82, 2.24) is 9.55 Å². The van der Waals surface area contributed by atoms with Crippen LogP contribution in [0.5, 0.6) is 0 Å². The molecule has 0 saturated carbocycles. The molecule has 17 heavy (non-hydrogen) atoms. The van der Waals surface area contributed by atoms with E-state index in [1.165, 1.54) is 5.69 Å². The first-order chi connectivity index (χ1) is 8.09. The lowest BCUT2D eigenvalue weighted by molar-refractivity contribution is 0.898. The lowest BCUT2D eigenvalue weighted by atomic mass is 10.0. The van der Waals surface area contributed by atoms with E-state index < -0.39 is 0 Å². The number of hydrogen-bond donors (Lipinski definition) is 0. The average Bonchev–Trinajstić information content (AvgIpc) is 2.74. The number of rotatable bonds is 3. The molecular formula is C14H17N3. The van der Waals surface area contributed by atoms with Crippen LogP contribution in [0.15, 0.2) is 43.4 Å². The molecule has 2 rings (SSSR count). The van der Waals surface area contributed by atoms with Gasteiger partial charge in [-0.05, 0) is 23.3 Å². The minimum absolute atomic E-state index is 0.996. The van der Waals surface area contributed by atoms with E-state index in [-0.39, 0.29) is 0 Å². The van der Waals surface area contributed by atoms with Crippen molar-refractivity contribution in [3.05, 3.63) is 54.6 Å². The molecule has 0 saturated heterocycles. The van der Waals surface area contributed by atoms with E-state index in [4.69, 9.17) is 0 Å². The predicted octanol–water partition coefficient (Wildman–Crippen LogP) is 2.55. The van der Waals surface area contributed by atoms with Gasteiger partial charge in [0, 0.05) is 26.8 Å². The number of aryl methyl sites for hydroxylation is 1. The van der Waals surface area contributed by atoms with Crippen molar-refractivity contribution in [2.24, 2.45) is 7.05 Å². The third-order valence-electron chi connectivity index (χ3n) is 2.86. The van der Waals surface area contributed by atoms with Gasteiger partial charge in [0.15, 0.2) is 0 Å². The van der Waals surface area contributed by atoms with Gasteiger partial charge in [0.05, 0.1) is 18.2 Å². The Morgan fingerprint density at radius 2 is 1.88 bits per heavy atom. The second-order valence-corrected chi connectivity index (χ2v) is 4.31. The fourth-order valence-electron chi connectivity index (χ4n) is 1.76. The molecule has 1 aromatic carbocycles. The second kappa shape index (κ2) is 4.45. The molecule has 0 aliphatic carbocycles. The van der Waals surface area contributed by atoms with E-state index in [0.717, 1.165) is 16.8 Å². The Bertz CT molecular complexity index is 521. The van der Waals surface area contributed by atoms with Gasteiger partial charge in [-0.2, -0.15) is 0 Å². The molecule has 0 unspecified atom stereocenters. The molecule has 0 spiro atoms. The summed E-state index contributed by atoms with van der Waals surface area (Å²) in [7, 11) is 6.04. The maximum atomic E-state index is 4.13. The maximum absolute atomic E-state index is 4.13. The molecular weight excluding hydrogens is 210 g/mol. The molecule has 88 valence electrons. The molecule has 3 nitrogen and oxygen atoms in total. The van der Waals surface area contributed by atoms with E-state index in [9.17, 15) is 0 Å². The zero-order valence-electron chi connectivity index (χ0n) is 10.5. The van der Waals surface area contributed by atoms with Gasteiger partial charge in [-0.25, -0.2) is 4.98 Å². The van der Waals surface area contributed by atoms with Crippen LogP contribution in [0.25, 0.3) is 5.57 Å². The first-order valence-corrected chi connectivity index (χ1v) is 5.53. The monoisotopic (exact) mass is 227 g/mol. The maximum Gasteiger partial charge on any atom is 0.0948 e. The summed E-state index contributed by atoms with van der Waals surface area (Å²) in [6.45, 7) is 4.13. The van der Waals surface area contributed by atoms with Gasteiger partial charge in [0.2, 0.25) is 0 Å². The minimum Gasteiger partial charge on any atom is -0.378 e. The first kappa shape index (κ1) is 11.5. The smallest absolute Gasteiger partial charge is 0.0948 e. The highest BCUT2D eigenvalue weighted by Gasteiger charge is 2.06. The minimum atomic E-state index is 0.996. The Kier molecular flexibility index (Phi) is 3.00. The van der Waals surface area contributed by atoms with Crippen molar-refractivity contribution in [2.75, 3.05) is 19.0 Å².